The Morgan fingerprint density at radius 1 is 0.958 bits per heavy atom. The van der Waals surface area contributed by atoms with Gasteiger partial charge in [-0.2, -0.15) is 13.2 Å². The number of hydrogen-bond donors (Lipinski definition) is 1. The van der Waals surface area contributed by atoms with Crippen LogP contribution in [0.3, 0.4) is 0 Å². The topological polar surface area (TPSA) is 29.1 Å². The molecule has 0 radical (unpaired) electrons. The number of carbonyl (C=O) groups excluding carboxylic acids is 1. The monoisotopic (exact) mass is 335 g/mol. The number of nitrogens with one attached hydrogen (secondary N) is 1. The molecule has 24 heavy (non-hydrogen) atoms. The van der Waals surface area contributed by atoms with Crippen LogP contribution in [0.4, 0.5) is 13.2 Å². The van der Waals surface area contributed by atoms with Crippen molar-refractivity contribution >= 4 is 5.91 Å². The molecule has 0 atom stereocenters. The minimum Gasteiger partial charge on any atom is -0.347 e. The van der Waals surface area contributed by atoms with Crippen LogP contribution < -0.4 is 5.32 Å². The van der Waals surface area contributed by atoms with Crippen LogP contribution in [0.1, 0.15) is 42.3 Å². The predicted octanol–water partition coefficient (Wildman–Crippen LogP) is 5.21. The number of carbonyl (C=O) groups is 1. The van der Waals surface area contributed by atoms with Gasteiger partial charge in [-0.15, -0.1) is 0 Å². The highest BCUT2D eigenvalue weighted by Gasteiger charge is 2.30. The number of aryl methyl sites for hydroxylation is 1. The number of rotatable bonds is 2. The normalized spacial score (nSPS) is 12.1. The molecule has 0 unspecified atom stereocenters. The van der Waals surface area contributed by atoms with E-state index in [0.717, 1.165) is 17.7 Å². The number of halogens is 3. The van der Waals surface area contributed by atoms with Crippen molar-refractivity contribution in [3.05, 3.63) is 59.2 Å². The Bertz CT molecular complexity index is 741. The standard InChI is InChI=1S/C19H20F3NO/c1-12-5-10-15(17(24)23-18(2,3)4)16(11-12)13-6-8-14(9-7-13)19(20,21)22/h5-11H,1-4H3,(H,23,24). The molecular weight excluding hydrogens is 315 g/mol. The van der Waals surface area contributed by atoms with E-state index < -0.39 is 17.3 Å². The second-order valence-corrected chi connectivity index (χ2v) is 6.83. The van der Waals surface area contributed by atoms with Gasteiger partial charge in [0.1, 0.15) is 0 Å². The van der Waals surface area contributed by atoms with Crippen molar-refractivity contribution < 1.29 is 18.0 Å². The van der Waals surface area contributed by atoms with Crippen LogP contribution in [0.5, 0.6) is 0 Å². The number of benzene rings is 2. The van der Waals surface area contributed by atoms with Crippen molar-refractivity contribution in [2.45, 2.75) is 39.4 Å². The van der Waals surface area contributed by atoms with Gasteiger partial charge in [-0.05, 0) is 57.0 Å². The van der Waals surface area contributed by atoms with Crippen LogP contribution in [0.15, 0.2) is 42.5 Å². The van der Waals surface area contributed by atoms with E-state index in [0.29, 0.717) is 16.7 Å². The van der Waals surface area contributed by atoms with Gasteiger partial charge < -0.3 is 5.32 Å². The van der Waals surface area contributed by atoms with E-state index in [1.54, 1.807) is 12.1 Å². The second kappa shape index (κ2) is 6.30. The SMILES string of the molecule is Cc1ccc(C(=O)NC(C)(C)C)c(-c2ccc(C(F)(F)F)cc2)c1. The summed E-state index contributed by atoms with van der Waals surface area (Å²) in [6.45, 7) is 7.49. The summed E-state index contributed by atoms with van der Waals surface area (Å²) in [5.74, 6) is -0.252. The van der Waals surface area contributed by atoms with Crippen LogP contribution in [-0.4, -0.2) is 11.4 Å². The van der Waals surface area contributed by atoms with Gasteiger partial charge in [0, 0.05) is 11.1 Å². The zero-order valence-electron chi connectivity index (χ0n) is 14.1. The van der Waals surface area contributed by atoms with Crippen LogP contribution in [0.2, 0.25) is 0 Å². The first-order chi connectivity index (χ1) is 11.0. The predicted molar refractivity (Wildman–Crippen MR) is 88.8 cm³/mol. The molecule has 0 aromatic heterocycles. The molecule has 1 amide bonds. The van der Waals surface area contributed by atoms with Crippen molar-refractivity contribution in [2.75, 3.05) is 0 Å². The fourth-order valence-electron chi connectivity index (χ4n) is 2.34. The first-order valence-corrected chi connectivity index (χ1v) is 7.58. The molecule has 0 aliphatic heterocycles. The number of hydrogen-bond acceptors (Lipinski definition) is 1. The molecule has 128 valence electrons. The van der Waals surface area contributed by atoms with Gasteiger partial charge in [0.2, 0.25) is 0 Å². The molecule has 0 aliphatic carbocycles. The third kappa shape index (κ3) is 4.37. The maximum Gasteiger partial charge on any atom is 0.416 e. The molecule has 0 heterocycles. The minimum absolute atomic E-state index is 0.252. The molecule has 0 aliphatic rings. The summed E-state index contributed by atoms with van der Waals surface area (Å²) < 4.78 is 38.1. The molecule has 1 N–H and O–H groups in total. The fourth-order valence-corrected chi connectivity index (χ4v) is 2.34. The van der Waals surface area contributed by atoms with Crippen LogP contribution >= 0.6 is 0 Å². The Labute approximate surface area is 139 Å². The van der Waals surface area contributed by atoms with E-state index in [-0.39, 0.29) is 5.91 Å². The third-order valence-corrected chi connectivity index (χ3v) is 3.43. The molecule has 2 aromatic carbocycles. The highest BCUT2D eigenvalue weighted by molar-refractivity contribution is 6.01. The zero-order chi connectivity index (χ0) is 18.1. The van der Waals surface area contributed by atoms with E-state index in [4.69, 9.17) is 0 Å². The fraction of sp³-hybridized carbons (Fsp3) is 0.316. The largest absolute Gasteiger partial charge is 0.416 e. The van der Waals surface area contributed by atoms with E-state index in [1.165, 1.54) is 12.1 Å². The van der Waals surface area contributed by atoms with Crippen LogP contribution in [-0.2, 0) is 6.18 Å². The van der Waals surface area contributed by atoms with Crippen molar-refractivity contribution in [2.24, 2.45) is 0 Å². The summed E-state index contributed by atoms with van der Waals surface area (Å²) in [6, 6.07) is 10.2. The Hall–Kier alpha value is -2.30. The lowest BCUT2D eigenvalue weighted by Crippen LogP contribution is -2.40. The van der Waals surface area contributed by atoms with E-state index in [2.05, 4.69) is 5.32 Å². The van der Waals surface area contributed by atoms with Gasteiger partial charge in [-0.25, -0.2) is 0 Å². The lowest BCUT2D eigenvalue weighted by atomic mass is 9.95. The van der Waals surface area contributed by atoms with Crippen LogP contribution in [0, 0.1) is 6.92 Å². The molecule has 0 saturated heterocycles. The molecule has 5 heteroatoms. The molecular formula is C19H20F3NO. The summed E-state index contributed by atoms with van der Waals surface area (Å²) in [7, 11) is 0. The Morgan fingerprint density at radius 2 is 1.54 bits per heavy atom. The molecule has 2 rings (SSSR count). The average molecular weight is 335 g/mol. The maximum atomic E-state index is 12.7. The Morgan fingerprint density at radius 3 is 2.04 bits per heavy atom. The molecule has 2 nitrogen and oxygen atoms in total. The van der Waals surface area contributed by atoms with Gasteiger partial charge in [0.25, 0.3) is 5.91 Å². The van der Waals surface area contributed by atoms with E-state index >= 15 is 0 Å². The smallest absolute Gasteiger partial charge is 0.347 e. The van der Waals surface area contributed by atoms with Gasteiger partial charge in [-0.1, -0.05) is 29.8 Å². The third-order valence-electron chi connectivity index (χ3n) is 3.43. The van der Waals surface area contributed by atoms with Crippen molar-refractivity contribution in [1.82, 2.24) is 5.32 Å². The summed E-state index contributed by atoms with van der Waals surface area (Å²) in [6.07, 6.45) is -4.38. The molecule has 2 aromatic rings. The molecule has 0 spiro atoms. The first-order valence-electron chi connectivity index (χ1n) is 7.58. The number of amides is 1. The highest BCUT2D eigenvalue weighted by Crippen LogP contribution is 2.32. The van der Waals surface area contributed by atoms with Crippen molar-refractivity contribution in [3.8, 4) is 11.1 Å². The van der Waals surface area contributed by atoms with E-state index in [9.17, 15) is 18.0 Å². The second-order valence-electron chi connectivity index (χ2n) is 6.83. The number of alkyl halides is 3. The minimum atomic E-state index is -4.38. The van der Waals surface area contributed by atoms with Crippen LogP contribution in [0.25, 0.3) is 11.1 Å². The van der Waals surface area contributed by atoms with Crippen molar-refractivity contribution in [1.29, 1.82) is 0 Å². The summed E-state index contributed by atoms with van der Waals surface area (Å²) >= 11 is 0. The lowest BCUT2D eigenvalue weighted by molar-refractivity contribution is -0.137. The summed E-state index contributed by atoms with van der Waals surface area (Å²) in [5, 5.41) is 2.88. The molecule has 0 bridgehead atoms. The quantitative estimate of drug-likeness (QED) is 0.802. The van der Waals surface area contributed by atoms with Gasteiger partial charge >= 0.3 is 6.18 Å². The molecule has 0 fully saturated rings. The van der Waals surface area contributed by atoms with E-state index in [1.807, 2.05) is 33.8 Å². The highest BCUT2D eigenvalue weighted by atomic mass is 19.4. The zero-order valence-corrected chi connectivity index (χ0v) is 14.1. The summed E-state index contributed by atoms with van der Waals surface area (Å²) in [4.78, 5) is 12.5. The lowest BCUT2D eigenvalue weighted by Gasteiger charge is -2.22. The average Bonchev–Trinajstić information content (AvgIpc) is 2.44. The van der Waals surface area contributed by atoms with Gasteiger partial charge in [-0.3, -0.25) is 4.79 Å². The molecule has 0 saturated carbocycles. The van der Waals surface area contributed by atoms with Gasteiger partial charge in [0.05, 0.1) is 5.56 Å². The first kappa shape index (κ1) is 18.0. The van der Waals surface area contributed by atoms with Crippen molar-refractivity contribution in [3.63, 3.8) is 0 Å². The Balaban J connectivity index is 2.46. The summed E-state index contributed by atoms with van der Waals surface area (Å²) in [5.41, 5.74) is 1.45. The van der Waals surface area contributed by atoms with Gasteiger partial charge in [0.15, 0.2) is 0 Å². The Kier molecular flexibility index (Phi) is 4.74. The maximum absolute atomic E-state index is 12.7.